The highest BCUT2D eigenvalue weighted by atomic mass is 32.1. The van der Waals surface area contributed by atoms with Crippen molar-refractivity contribution in [3.63, 3.8) is 0 Å². The summed E-state index contributed by atoms with van der Waals surface area (Å²) in [5, 5.41) is 3.46. The van der Waals surface area contributed by atoms with Crippen LogP contribution in [0.4, 0.5) is 10.9 Å². The fraction of sp³-hybridized carbons (Fsp3) is 0.625. The highest BCUT2D eigenvalue weighted by Crippen LogP contribution is 2.19. The largest absolute Gasteiger partial charge is 0.368 e. The molecular weight excluding hydrogens is 200 g/mol. The Balaban J connectivity index is 2.27. The first-order valence-corrected chi connectivity index (χ1v) is 5.39. The molecule has 1 aliphatic heterocycles. The van der Waals surface area contributed by atoms with Crippen molar-refractivity contribution in [3.05, 3.63) is 10.4 Å². The summed E-state index contributed by atoms with van der Waals surface area (Å²) in [5.41, 5.74) is -0.270. The minimum absolute atomic E-state index is 0.270. The van der Waals surface area contributed by atoms with Gasteiger partial charge >= 0.3 is 5.56 Å². The standard InChI is InChI=1S/C8H12N4OS/c1-9-6-7(13)10-8(14-11-6)12-4-2-3-5-12/h2-5H2,1H3,(H,9,11). The van der Waals surface area contributed by atoms with E-state index in [9.17, 15) is 4.79 Å². The lowest BCUT2D eigenvalue weighted by molar-refractivity contribution is 0.946. The maximum absolute atomic E-state index is 11.4. The zero-order valence-electron chi connectivity index (χ0n) is 7.99. The van der Waals surface area contributed by atoms with Crippen LogP contribution in [0, 0.1) is 0 Å². The molecule has 1 aliphatic rings. The molecule has 0 saturated carbocycles. The number of anilines is 2. The molecule has 76 valence electrons. The average Bonchev–Trinajstić information content (AvgIpc) is 2.70. The number of rotatable bonds is 2. The van der Waals surface area contributed by atoms with Crippen molar-refractivity contribution >= 4 is 22.5 Å². The third-order valence-corrected chi connectivity index (χ3v) is 3.02. The molecule has 1 aromatic rings. The predicted octanol–water partition coefficient (Wildman–Crippen LogP) is 0.540. The van der Waals surface area contributed by atoms with Gasteiger partial charge in [0.05, 0.1) is 0 Å². The molecular formula is C8H12N4OS. The molecule has 1 fully saturated rings. The predicted molar refractivity (Wildman–Crippen MR) is 57.2 cm³/mol. The summed E-state index contributed by atoms with van der Waals surface area (Å²) in [6.07, 6.45) is 2.35. The van der Waals surface area contributed by atoms with Crippen molar-refractivity contribution in [3.8, 4) is 0 Å². The van der Waals surface area contributed by atoms with Crippen LogP contribution in [0.15, 0.2) is 4.79 Å². The minimum atomic E-state index is -0.270. The van der Waals surface area contributed by atoms with Crippen LogP contribution in [-0.2, 0) is 0 Å². The van der Waals surface area contributed by atoms with E-state index >= 15 is 0 Å². The quantitative estimate of drug-likeness (QED) is 0.775. The van der Waals surface area contributed by atoms with Gasteiger partial charge in [-0.25, -0.2) is 0 Å². The van der Waals surface area contributed by atoms with Gasteiger partial charge in [0, 0.05) is 31.7 Å². The number of hydrogen-bond donors (Lipinski definition) is 1. The lowest BCUT2D eigenvalue weighted by atomic mass is 10.4. The Morgan fingerprint density at radius 1 is 1.43 bits per heavy atom. The summed E-state index contributed by atoms with van der Waals surface area (Å²) in [5.74, 6) is 0.331. The molecule has 0 amide bonds. The van der Waals surface area contributed by atoms with Crippen LogP contribution < -0.4 is 15.8 Å². The van der Waals surface area contributed by atoms with Gasteiger partial charge in [0.25, 0.3) is 0 Å². The van der Waals surface area contributed by atoms with E-state index in [0.717, 1.165) is 18.2 Å². The molecule has 2 heterocycles. The van der Waals surface area contributed by atoms with Crippen LogP contribution in [0.3, 0.4) is 0 Å². The van der Waals surface area contributed by atoms with E-state index in [4.69, 9.17) is 0 Å². The summed E-state index contributed by atoms with van der Waals surface area (Å²) >= 11 is 1.28. The van der Waals surface area contributed by atoms with Gasteiger partial charge in [-0.15, -0.1) is 0 Å². The van der Waals surface area contributed by atoms with E-state index in [1.54, 1.807) is 7.05 Å². The van der Waals surface area contributed by atoms with E-state index in [0.29, 0.717) is 5.82 Å². The van der Waals surface area contributed by atoms with Crippen LogP contribution >= 0.6 is 11.5 Å². The Kier molecular flexibility index (Phi) is 2.62. The van der Waals surface area contributed by atoms with Crippen molar-refractivity contribution < 1.29 is 0 Å². The third-order valence-electron chi connectivity index (χ3n) is 2.23. The monoisotopic (exact) mass is 212 g/mol. The van der Waals surface area contributed by atoms with Crippen LogP contribution in [0.2, 0.25) is 0 Å². The zero-order valence-corrected chi connectivity index (χ0v) is 8.80. The van der Waals surface area contributed by atoms with Gasteiger partial charge in [-0.3, -0.25) is 4.79 Å². The van der Waals surface area contributed by atoms with E-state index in [1.165, 1.54) is 24.4 Å². The topological polar surface area (TPSA) is 58.1 Å². The van der Waals surface area contributed by atoms with Crippen molar-refractivity contribution in [2.45, 2.75) is 12.8 Å². The molecule has 0 bridgehead atoms. The zero-order chi connectivity index (χ0) is 9.97. The van der Waals surface area contributed by atoms with Gasteiger partial charge in [-0.1, -0.05) is 0 Å². The molecule has 1 saturated heterocycles. The molecule has 0 radical (unpaired) electrons. The second kappa shape index (κ2) is 3.91. The minimum Gasteiger partial charge on any atom is -0.368 e. The fourth-order valence-electron chi connectivity index (χ4n) is 1.48. The fourth-order valence-corrected chi connectivity index (χ4v) is 2.24. The number of nitrogens with one attached hydrogen (secondary N) is 1. The molecule has 1 aromatic heterocycles. The third kappa shape index (κ3) is 1.70. The lowest BCUT2D eigenvalue weighted by Crippen LogP contribution is -2.22. The SMILES string of the molecule is CNc1nsc(N2CCCC2)nc1=O. The van der Waals surface area contributed by atoms with Crippen molar-refractivity contribution in [1.82, 2.24) is 9.36 Å². The van der Waals surface area contributed by atoms with Gasteiger partial charge in [-0.05, 0) is 12.8 Å². The summed E-state index contributed by atoms with van der Waals surface area (Å²) < 4.78 is 4.06. The number of aromatic nitrogens is 2. The Bertz CT molecular complexity index is 372. The first-order valence-electron chi connectivity index (χ1n) is 4.62. The van der Waals surface area contributed by atoms with E-state index in [2.05, 4.69) is 19.6 Å². The molecule has 14 heavy (non-hydrogen) atoms. The Hall–Kier alpha value is -1.17. The smallest absolute Gasteiger partial charge is 0.316 e. The maximum atomic E-state index is 11.4. The lowest BCUT2D eigenvalue weighted by Gasteiger charge is -2.13. The maximum Gasteiger partial charge on any atom is 0.316 e. The molecule has 0 aromatic carbocycles. The van der Waals surface area contributed by atoms with E-state index in [1.807, 2.05) is 0 Å². The molecule has 0 unspecified atom stereocenters. The Morgan fingerprint density at radius 2 is 2.14 bits per heavy atom. The summed E-state index contributed by atoms with van der Waals surface area (Å²) in [6.45, 7) is 1.98. The summed E-state index contributed by atoms with van der Waals surface area (Å²) in [7, 11) is 1.67. The van der Waals surface area contributed by atoms with Crippen LogP contribution in [0.1, 0.15) is 12.8 Å². The van der Waals surface area contributed by atoms with Crippen molar-refractivity contribution in [2.24, 2.45) is 0 Å². The van der Waals surface area contributed by atoms with E-state index in [-0.39, 0.29) is 5.56 Å². The Labute approximate surface area is 86.0 Å². The molecule has 0 atom stereocenters. The molecule has 0 aliphatic carbocycles. The van der Waals surface area contributed by atoms with Crippen molar-refractivity contribution in [2.75, 3.05) is 30.4 Å². The van der Waals surface area contributed by atoms with Crippen molar-refractivity contribution in [1.29, 1.82) is 0 Å². The van der Waals surface area contributed by atoms with Crippen LogP contribution in [0.25, 0.3) is 0 Å². The molecule has 1 N–H and O–H groups in total. The first-order chi connectivity index (χ1) is 6.81. The highest BCUT2D eigenvalue weighted by molar-refractivity contribution is 7.09. The van der Waals surface area contributed by atoms with Gasteiger partial charge in [-0.2, -0.15) is 9.36 Å². The molecule has 6 heteroatoms. The second-order valence-corrected chi connectivity index (χ2v) is 3.91. The molecule has 0 spiro atoms. The molecule has 2 rings (SSSR count). The van der Waals surface area contributed by atoms with Gasteiger partial charge in [0.1, 0.15) is 0 Å². The average molecular weight is 212 g/mol. The molecule has 5 nitrogen and oxygen atoms in total. The first kappa shape index (κ1) is 9.39. The summed E-state index contributed by atoms with van der Waals surface area (Å²) in [6, 6.07) is 0. The van der Waals surface area contributed by atoms with Gasteiger partial charge in [0.15, 0.2) is 0 Å². The highest BCUT2D eigenvalue weighted by Gasteiger charge is 2.15. The van der Waals surface area contributed by atoms with Gasteiger partial charge < -0.3 is 10.2 Å². The normalized spacial score (nSPS) is 15.9. The van der Waals surface area contributed by atoms with Crippen LogP contribution in [-0.4, -0.2) is 29.5 Å². The van der Waals surface area contributed by atoms with Gasteiger partial charge in [0.2, 0.25) is 10.9 Å². The van der Waals surface area contributed by atoms with E-state index < -0.39 is 0 Å². The second-order valence-electron chi connectivity index (χ2n) is 3.17. The number of hydrogen-bond acceptors (Lipinski definition) is 6. The van der Waals surface area contributed by atoms with Crippen LogP contribution in [0.5, 0.6) is 0 Å². The summed E-state index contributed by atoms with van der Waals surface area (Å²) in [4.78, 5) is 17.5. The number of nitrogens with zero attached hydrogens (tertiary/aromatic N) is 3. The Morgan fingerprint density at radius 3 is 2.71 bits per heavy atom.